The zero-order valence-corrected chi connectivity index (χ0v) is 10.8. The number of rotatable bonds is 3. The van der Waals surface area contributed by atoms with Crippen molar-refractivity contribution in [2.24, 2.45) is 0 Å². The first kappa shape index (κ1) is 13.1. The molecule has 0 fully saturated rings. The number of nitrogens with one attached hydrogen (secondary N) is 1. The minimum Gasteiger partial charge on any atom is -0.446 e. The van der Waals surface area contributed by atoms with Crippen molar-refractivity contribution in [1.82, 2.24) is 0 Å². The third kappa shape index (κ3) is 3.58. The predicted molar refractivity (Wildman–Crippen MR) is 76.8 cm³/mol. The maximum absolute atomic E-state index is 11.6. The van der Waals surface area contributed by atoms with Crippen molar-refractivity contribution >= 4 is 11.8 Å². The van der Waals surface area contributed by atoms with Gasteiger partial charge in [0.25, 0.3) is 0 Å². The first-order chi connectivity index (χ1) is 9.16. The Morgan fingerprint density at radius 1 is 1.11 bits per heavy atom. The van der Waals surface area contributed by atoms with Gasteiger partial charge in [0, 0.05) is 5.56 Å². The Balaban J connectivity index is 2.25. The van der Waals surface area contributed by atoms with Gasteiger partial charge >= 0.3 is 6.09 Å². The van der Waals surface area contributed by atoms with Crippen molar-refractivity contribution in [2.75, 3.05) is 5.32 Å². The summed E-state index contributed by atoms with van der Waals surface area (Å²) in [5, 5.41) is 2.74. The number of hydrogen-bond donors (Lipinski definition) is 1. The summed E-state index contributed by atoms with van der Waals surface area (Å²) in [7, 11) is 0. The van der Waals surface area contributed by atoms with Crippen LogP contribution in [-0.2, 0) is 4.74 Å². The van der Waals surface area contributed by atoms with Gasteiger partial charge < -0.3 is 4.74 Å². The van der Waals surface area contributed by atoms with Gasteiger partial charge in [-0.1, -0.05) is 48.5 Å². The van der Waals surface area contributed by atoms with Gasteiger partial charge in [0.05, 0.1) is 5.69 Å². The van der Waals surface area contributed by atoms with Crippen LogP contribution < -0.4 is 5.32 Å². The molecule has 97 valence electrons. The van der Waals surface area contributed by atoms with Crippen molar-refractivity contribution < 1.29 is 9.53 Å². The normalized spacial score (nSPS) is 10.3. The lowest BCUT2D eigenvalue weighted by Gasteiger charge is -2.13. The van der Waals surface area contributed by atoms with Crippen LogP contribution in [-0.4, -0.2) is 12.2 Å². The Morgan fingerprint density at radius 3 is 2.42 bits per heavy atom. The molecule has 0 aliphatic rings. The molecule has 3 heteroatoms. The van der Waals surface area contributed by atoms with Gasteiger partial charge in [0.1, 0.15) is 6.10 Å². The SMILES string of the molecule is [CH2]C(C)OC(=O)Nc1ccccc1-c1ccccc1. The molecule has 1 atom stereocenters. The molecule has 3 nitrogen and oxygen atoms in total. The highest BCUT2D eigenvalue weighted by atomic mass is 16.6. The van der Waals surface area contributed by atoms with Gasteiger partial charge in [-0.2, -0.15) is 0 Å². The quantitative estimate of drug-likeness (QED) is 0.894. The van der Waals surface area contributed by atoms with Crippen molar-refractivity contribution in [3.05, 3.63) is 61.5 Å². The summed E-state index contributed by atoms with van der Waals surface area (Å²) in [4.78, 5) is 11.6. The third-order valence-corrected chi connectivity index (χ3v) is 2.56. The van der Waals surface area contributed by atoms with Gasteiger partial charge in [0.15, 0.2) is 0 Å². The minimum atomic E-state index is -0.495. The monoisotopic (exact) mass is 254 g/mol. The zero-order valence-electron chi connectivity index (χ0n) is 10.8. The van der Waals surface area contributed by atoms with E-state index in [-0.39, 0.29) is 6.10 Å². The van der Waals surface area contributed by atoms with Crippen LogP contribution in [0.1, 0.15) is 6.92 Å². The molecular weight excluding hydrogens is 238 g/mol. The van der Waals surface area contributed by atoms with Gasteiger partial charge in [-0.05, 0) is 25.5 Å². The van der Waals surface area contributed by atoms with E-state index in [0.29, 0.717) is 0 Å². The molecule has 0 saturated carbocycles. The van der Waals surface area contributed by atoms with E-state index in [1.807, 2.05) is 54.6 Å². The second-order valence-electron chi connectivity index (χ2n) is 4.25. The molecule has 0 aliphatic carbocycles. The Labute approximate surface area is 113 Å². The van der Waals surface area contributed by atoms with Crippen LogP contribution in [0.5, 0.6) is 0 Å². The summed E-state index contributed by atoms with van der Waals surface area (Å²) in [6.07, 6.45) is -0.880. The Kier molecular flexibility index (Phi) is 4.18. The lowest BCUT2D eigenvalue weighted by Crippen LogP contribution is -2.18. The van der Waals surface area contributed by atoms with Gasteiger partial charge in [-0.15, -0.1) is 0 Å². The number of benzene rings is 2. The molecule has 1 unspecified atom stereocenters. The maximum atomic E-state index is 11.6. The highest BCUT2D eigenvalue weighted by Crippen LogP contribution is 2.27. The number of anilines is 1. The summed E-state index contributed by atoms with van der Waals surface area (Å²) in [6.45, 7) is 5.33. The smallest absolute Gasteiger partial charge is 0.411 e. The van der Waals surface area contributed by atoms with E-state index in [2.05, 4.69) is 12.2 Å². The topological polar surface area (TPSA) is 38.3 Å². The molecular formula is C16H16NO2. The second kappa shape index (κ2) is 6.05. The summed E-state index contributed by atoms with van der Waals surface area (Å²) in [6, 6.07) is 17.5. The lowest BCUT2D eigenvalue weighted by molar-refractivity contribution is 0.141. The van der Waals surface area contributed by atoms with E-state index in [1.165, 1.54) is 0 Å². The third-order valence-electron chi connectivity index (χ3n) is 2.56. The molecule has 1 radical (unpaired) electrons. The van der Waals surface area contributed by atoms with Crippen LogP contribution in [0.4, 0.5) is 10.5 Å². The predicted octanol–water partition coefficient (Wildman–Crippen LogP) is 4.12. The standard InChI is InChI=1S/C16H16NO2/c1-12(2)19-16(18)17-15-11-7-6-10-14(15)13-8-4-3-5-9-13/h3-12H,1H2,2H3,(H,17,18). The van der Waals surface area contributed by atoms with Crippen molar-refractivity contribution in [3.8, 4) is 11.1 Å². The molecule has 2 aromatic rings. The number of carbonyl (C=O) groups excluding carboxylic acids is 1. The Morgan fingerprint density at radius 2 is 1.74 bits per heavy atom. The number of amides is 1. The number of carbonyl (C=O) groups is 1. The molecule has 1 N–H and O–H groups in total. The molecule has 0 bridgehead atoms. The van der Waals surface area contributed by atoms with E-state index in [0.717, 1.165) is 16.8 Å². The zero-order chi connectivity index (χ0) is 13.7. The molecule has 0 aliphatic heterocycles. The minimum absolute atomic E-state index is 0.385. The first-order valence-electron chi connectivity index (χ1n) is 6.12. The molecule has 2 rings (SSSR count). The van der Waals surface area contributed by atoms with E-state index in [1.54, 1.807) is 6.92 Å². The second-order valence-corrected chi connectivity index (χ2v) is 4.25. The molecule has 0 heterocycles. The van der Waals surface area contributed by atoms with E-state index < -0.39 is 6.09 Å². The maximum Gasteiger partial charge on any atom is 0.411 e. The van der Waals surface area contributed by atoms with E-state index in [4.69, 9.17) is 4.74 Å². The molecule has 0 spiro atoms. The summed E-state index contributed by atoms with van der Waals surface area (Å²) in [5.74, 6) is 0. The highest BCUT2D eigenvalue weighted by molar-refractivity contribution is 5.91. The molecule has 19 heavy (non-hydrogen) atoms. The first-order valence-corrected chi connectivity index (χ1v) is 6.12. The Hall–Kier alpha value is -2.29. The molecule has 0 aromatic heterocycles. The number of para-hydroxylation sites is 1. The average Bonchev–Trinajstić information content (AvgIpc) is 2.39. The largest absolute Gasteiger partial charge is 0.446 e. The van der Waals surface area contributed by atoms with Gasteiger partial charge in [-0.3, -0.25) is 5.32 Å². The summed E-state index contributed by atoms with van der Waals surface area (Å²) >= 11 is 0. The number of ether oxygens (including phenoxy) is 1. The number of hydrogen-bond acceptors (Lipinski definition) is 2. The van der Waals surface area contributed by atoms with Crippen molar-refractivity contribution in [3.63, 3.8) is 0 Å². The van der Waals surface area contributed by atoms with Crippen molar-refractivity contribution in [2.45, 2.75) is 13.0 Å². The van der Waals surface area contributed by atoms with Crippen molar-refractivity contribution in [1.29, 1.82) is 0 Å². The fourth-order valence-corrected chi connectivity index (χ4v) is 1.78. The van der Waals surface area contributed by atoms with Gasteiger partial charge in [0.2, 0.25) is 0 Å². The van der Waals surface area contributed by atoms with Crippen LogP contribution in [0, 0.1) is 6.92 Å². The van der Waals surface area contributed by atoms with Crippen LogP contribution in [0.3, 0.4) is 0 Å². The summed E-state index contributed by atoms with van der Waals surface area (Å²) in [5.41, 5.74) is 2.72. The summed E-state index contributed by atoms with van der Waals surface area (Å²) < 4.78 is 4.98. The van der Waals surface area contributed by atoms with Gasteiger partial charge in [-0.25, -0.2) is 4.79 Å². The molecule has 0 saturated heterocycles. The fraction of sp³-hybridized carbons (Fsp3) is 0.125. The van der Waals surface area contributed by atoms with E-state index in [9.17, 15) is 4.79 Å². The fourth-order valence-electron chi connectivity index (χ4n) is 1.78. The lowest BCUT2D eigenvalue weighted by atomic mass is 10.0. The average molecular weight is 254 g/mol. The van der Waals surface area contributed by atoms with Crippen LogP contribution in [0.15, 0.2) is 54.6 Å². The van der Waals surface area contributed by atoms with Crippen LogP contribution >= 0.6 is 0 Å². The molecule has 1 amide bonds. The van der Waals surface area contributed by atoms with Crippen LogP contribution in [0.2, 0.25) is 0 Å². The molecule has 2 aromatic carbocycles. The van der Waals surface area contributed by atoms with Crippen LogP contribution in [0.25, 0.3) is 11.1 Å². The highest BCUT2D eigenvalue weighted by Gasteiger charge is 2.09. The Bertz CT molecular complexity index is 550. The van der Waals surface area contributed by atoms with E-state index >= 15 is 0 Å².